The number of esters is 1. The first-order valence-corrected chi connectivity index (χ1v) is 10.1. The lowest BCUT2D eigenvalue weighted by molar-refractivity contribution is 0.0320. The predicted molar refractivity (Wildman–Crippen MR) is 113 cm³/mol. The van der Waals surface area contributed by atoms with E-state index in [4.69, 9.17) is 4.74 Å². The Labute approximate surface area is 171 Å². The van der Waals surface area contributed by atoms with Gasteiger partial charge < -0.3 is 4.74 Å². The van der Waals surface area contributed by atoms with Gasteiger partial charge in [-0.05, 0) is 49.6 Å². The molecule has 0 unspecified atom stereocenters. The highest BCUT2D eigenvalue weighted by Gasteiger charge is 2.26. The van der Waals surface area contributed by atoms with Crippen LogP contribution in [0.2, 0.25) is 0 Å². The van der Waals surface area contributed by atoms with Crippen LogP contribution < -0.4 is 0 Å². The first kappa shape index (κ1) is 19.4. The number of benzene rings is 2. The van der Waals surface area contributed by atoms with E-state index in [1.165, 1.54) is 5.56 Å². The molecule has 5 heteroatoms. The van der Waals surface area contributed by atoms with Gasteiger partial charge in [0, 0.05) is 25.3 Å². The molecule has 0 bridgehead atoms. The molecular formula is C24H27N3O2. The summed E-state index contributed by atoms with van der Waals surface area (Å²) in [6.45, 7) is 7.30. The number of likely N-dealkylation sites (tertiary alicyclic amines) is 1. The van der Waals surface area contributed by atoms with Gasteiger partial charge in [0.2, 0.25) is 0 Å². The van der Waals surface area contributed by atoms with Gasteiger partial charge in [0.15, 0.2) is 0 Å². The van der Waals surface area contributed by atoms with Crippen LogP contribution in [0.5, 0.6) is 0 Å². The van der Waals surface area contributed by atoms with Gasteiger partial charge in [0.25, 0.3) is 0 Å². The van der Waals surface area contributed by atoms with Crippen molar-refractivity contribution in [3.8, 4) is 0 Å². The number of aryl methyl sites for hydroxylation is 2. The number of aromatic nitrogens is 2. The van der Waals surface area contributed by atoms with Crippen LogP contribution in [-0.2, 0) is 17.8 Å². The molecule has 2 heterocycles. The van der Waals surface area contributed by atoms with Crippen molar-refractivity contribution in [3.05, 3.63) is 88.7 Å². The molecule has 0 saturated carbocycles. The summed E-state index contributed by atoms with van der Waals surface area (Å²) in [5, 5.41) is 4.50. The van der Waals surface area contributed by atoms with Crippen molar-refractivity contribution in [2.24, 2.45) is 0 Å². The number of nitrogens with zero attached hydrogens (tertiary/aromatic N) is 3. The summed E-state index contributed by atoms with van der Waals surface area (Å²) in [6.07, 6.45) is 0.829. The molecule has 0 N–H and O–H groups in total. The van der Waals surface area contributed by atoms with Gasteiger partial charge in [-0.15, -0.1) is 0 Å². The van der Waals surface area contributed by atoms with E-state index in [9.17, 15) is 4.79 Å². The Morgan fingerprint density at radius 1 is 1.03 bits per heavy atom. The predicted octanol–water partition coefficient (Wildman–Crippen LogP) is 3.98. The summed E-state index contributed by atoms with van der Waals surface area (Å²) in [5.74, 6) is -0.244. The molecule has 1 saturated heterocycles. The summed E-state index contributed by atoms with van der Waals surface area (Å²) in [7, 11) is 0. The van der Waals surface area contributed by atoms with Gasteiger partial charge in [0.05, 0.1) is 17.8 Å². The van der Waals surface area contributed by atoms with Gasteiger partial charge in [0.1, 0.15) is 6.10 Å². The third-order valence-corrected chi connectivity index (χ3v) is 5.35. The molecule has 3 aromatic rings. The average molecular weight is 389 g/mol. The number of carbonyl (C=O) groups is 1. The molecule has 4 rings (SSSR count). The highest BCUT2D eigenvalue weighted by atomic mass is 16.5. The first-order chi connectivity index (χ1) is 14.1. The Balaban J connectivity index is 1.35. The van der Waals surface area contributed by atoms with Crippen molar-refractivity contribution in [3.63, 3.8) is 0 Å². The molecule has 1 aliphatic rings. The van der Waals surface area contributed by atoms with Gasteiger partial charge in [-0.3, -0.25) is 9.58 Å². The largest absolute Gasteiger partial charge is 0.457 e. The Bertz CT molecular complexity index is 981. The van der Waals surface area contributed by atoms with Crippen LogP contribution in [0.25, 0.3) is 0 Å². The molecular weight excluding hydrogens is 362 g/mol. The molecule has 0 amide bonds. The molecule has 1 aromatic heterocycles. The van der Waals surface area contributed by atoms with Crippen LogP contribution in [0.15, 0.2) is 60.7 Å². The number of hydrogen-bond donors (Lipinski definition) is 0. The average Bonchev–Trinajstić information content (AvgIpc) is 3.28. The Morgan fingerprint density at radius 2 is 1.83 bits per heavy atom. The van der Waals surface area contributed by atoms with E-state index < -0.39 is 0 Å². The molecule has 0 aliphatic carbocycles. The van der Waals surface area contributed by atoms with E-state index in [0.717, 1.165) is 43.0 Å². The first-order valence-electron chi connectivity index (χ1n) is 10.1. The van der Waals surface area contributed by atoms with Crippen molar-refractivity contribution >= 4 is 5.97 Å². The van der Waals surface area contributed by atoms with Gasteiger partial charge in [-0.2, -0.15) is 5.10 Å². The van der Waals surface area contributed by atoms with Crippen LogP contribution in [0.1, 0.15) is 39.3 Å². The van der Waals surface area contributed by atoms with E-state index in [0.29, 0.717) is 12.1 Å². The lowest BCUT2D eigenvalue weighted by Crippen LogP contribution is -2.24. The summed E-state index contributed by atoms with van der Waals surface area (Å²) in [5.41, 5.74) is 5.05. The number of carbonyl (C=O) groups excluding carboxylic acids is 1. The van der Waals surface area contributed by atoms with Crippen molar-refractivity contribution in [2.45, 2.75) is 39.5 Å². The standard InChI is InChI=1S/C24H27N3O2/c1-18-13-19(2)27(25-18)16-21-9-6-10-22(14-21)24(28)29-23-11-12-26(17-23)15-20-7-4-3-5-8-20/h3-10,13-14,23H,11-12,15-17H2,1-2H3/t23-/m1/s1. The molecule has 1 atom stereocenters. The van der Waals surface area contributed by atoms with Crippen LogP contribution in [0.3, 0.4) is 0 Å². The fraction of sp³-hybridized carbons (Fsp3) is 0.333. The number of hydrogen-bond acceptors (Lipinski definition) is 4. The topological polar surface area (TPSA) is 47.4 Å². The quantitative estimate of drug-likeness (QED) is 0.599. The second kappa shape index (κ2) is 8.62. The summed E-state index contributed by atoms with van der Waals surface area (Å²) in [4.78, 5) is 15.0. The Morgan fingerprint density at radius 3 is 2.59 bits per heavy atom. The van der Waals surface area contributed by atoms with E-state index in [2.05, 4.69) is 40.3 Å². The second-order valence-electron chi connectivity index (χ2n) is 7.82. The van der Waals surface area contributed by atoms with Crippen molar-refractivity contribution in [2.75, 3.05) is 13.1 Å². The minimum Gasteiger partial charge on any atom is -0.457 e. The van der Waals surface area contributed by atoms with Crippen LogP contribution in [0.4, 0.5) is 0 Å². The Kier molecular flexibility index (Phi) is 5.76. The third-order valence-electron chi connectivity index (χ3n) is 5.35. The lowest BCUT2D eigenvalue weighted by atomic mass is 10.1. The highest BCUT2D eigenvalue weighted by Crippen LogP contribution is 2.18. The normalized spacial score (nSPS) is 16.8. The van der Waals surface area contributed by atoms with Gasteiger partial charge >= 0.3 is 5.97 Å². The minimum atomic E-state index is -0.244. The second-order valence-corrected chi connectivity index (χ2v) is 7.82. The molecule has 5 nitrogen and oxygen atoms in total. The molecule has 0 spiro atoms. The smallest absolute Gasteiger partial charge is 0.338 e. The Hall–Kier alpha value is -2.92. The number of ether oxygens (including phenoxy) is 1. The van der Waals surface area contributed by atoms with E-state index in [-0.39, 0.29) is 12.1 Å². The maximum atomic E-state index is 12.7. The summed E-state index contributed by atoms with van der Waals surface area (Å²) >= 11 is 0. The summed E-state index contributed by atoms with van der Waals surface area (Å²) < 4.78 is 7.75. The zero-order chi connectivity index (χ0) is 20.2. The zero-order valence-electron chi connectivity index (χ0n) is 17.0. The third kappa shape index (κ3) is 4.93. The lowest BCUT2D eigenvalue weighted by Gasteiger charge is -2.16. The molecule has 1 aliphatic heterocycles. The van der Waals surface area contributed by atoms with E-state index in [1.54, 1.807) is 0 Å². The van der Waals surface area contributed by atoms with Crippen molar-refractivity contribution in [1.29, 1.82) is 0 Å². The van der Waals surface area contributed by atoms with Crippen LogP contribution in [0, 0.1) is 13.8 Å². The number of rotatable bonds is 6. The maximum Gasteiger partial charge on any atom is 0.338 e. The SMILES string of the molecule is Cc1cc(C)n(Cc2cccc(C(=O)O[C@@H]3CCN(Cc4ccccc4)C3)c2)n1. The molecule has 150 valence electrons. The highest BCUT2D eigenvalue weighted by molar-refractivity contribution is 5.89. The maximum absolute atomic E-state index is 12.7. The van der Waals surface area contributed by atoms with E-state index in [1.807, 2.05) is 48.9 Å². The monoisotopic (exact) mass is 389 g/mol. The fourth-order valence-electron chi connectivity index (χ4n) is 3.90. The summed E-state index contributed by atoms with van der Waals surface area (Å²) in [6, 6.07) is 20.1. The zero-order valence-corrected chi connectivity index (χ0v) is 17.0. The van der Waals surface area contributed by atoms with E-state index >= 15 is 0 Å². The van der Waals surface area contributed by atoms with Gasteiger partial charge in [-0.1, -0.05) is 42.5 Å². The minimum absolute atomic E-state index is 0.0501. The van der Waals surface area contributed by atoms with Gasteiger partial charge in [-0.25, -0.2) is 4.79 Å². The molecule has 0 radical (unpaired) electrons. The molecule has 29 heavy (non-hydrogen) atoms. The van der Waals surface area contributed by atoms with Crippen molar-refractivity contribution < 1.29 is 9.53 Å². The molecule has 1 fully saturated rings. The fourth-order valence-corrected chi connectivity index (χ4v) is 3.90. The van der Waals surface area contributed by atoms with Crippen LogP contribution >= 0.6 is 0 Å². The molecule has 2 aromatic carbocycles. The van der Waals surface area contributed by atoms with Crippen molar-refractivity contribution in [1.82, 2.24) is 14.7 Å². The van der Waals surface area contributed by atoms with Crippen LogP contribution in [-0.4, -0.2) is 39.8 Å².